The number of rotatable bonds is 4. The van der Waals surface area contributed by atoms with Crippen LogP contribution >= 0.6 is 0 Å². The van der Waals surface area contributed by atoms with Gasteiger partial charge in [-0.15, -0.1) is 0 Å². The zero-order chi connectivity index (χ0) is 20.4. The van der Waals surface area contributed by atoms with E-state index >= 15 is 0 Å². The molecule has 3 aromatic rings. The molecule has 0 bridgehead atoms. The van der Waals surface area contributed by atoms with Crippen LogP contribution in [0.4, 0.5) is 17.3 Å². The second-order valence-electron chi connectivity index (χ2n) is 7.17. The minimum absolute atomic E-state index is 0.0132. The Kier molecular flexibility index (Phi) is 5.08. The van der Waals surface area contributed by atoms with Gasteiger partial charge in [0.25, 0.3) is 5.91 Å². The maximum atomic E-state index is 12.8. The molecule has 0 aliphatic carbocycles. The van der Waals surface area contributed by atoms with Gasteiger partial charge in [-0.25, -0.2) is 9.97 Å². The van der Waals surface area contributed by atoms with Gasteiger partial charge < -0.3 is 10.2 Å². The molecule has 6 nitrogen and oxygen atoms in total. The summed E-state index contributed by atoms with van der Waals surface area (Å²) in [5, 5.41) is 2.84. The molecule has 1 aliphatic rings. The number of benzene rings is 2. The molecule has 0 radical (unpaired) electrons. The van der Waals surface area contributed by atoms with Crippen molar-refractivity contribution in [2.24, 2.45) is 0 Å². The Labute approximate surface area is 169 Å². The summed E-state index contributed by atoms with van der Waals surface area (Å²) in [5.41, 5.74) is 4.62. The number of hydrogen-bond donors (Lipinski definition) is 1. The SMILES string of the molecule is CC(=O)c1ccc(NC(=O)c2cc(C)nc(N3CCCc4ccccc43)n2)cc1. The Hall–Kier alpha value is -3.54. The Bertz CT molecular complexity index is 1080. The molecule has 4 rings (SSSR count). The van der Waals surface area contributed by atoms with Crippen LogP contribution in [0.5, 0.6) is 0 Å². The number of para-hydroxylation sites is 1. The summed E-state index contributed by atoms with van der Waals surface area (Å²) >= 11 is 0. The molecule has 29 heavy (non-hydrogen) atoms. The van der Waals surface area contributed by atoms with E-state index < -0.39 is 0 Å². The summed E-state index contributed by atoms with van der Waals surface area (Å²) in [7, 11) is 0. The number of hydrogen-bond acceptors (Lipinski definition) is 5. The van der Waals surface area contributed by atoms with Gasteiger partial charge >= 0.3 is 0 Å². The van der Waals surface area contributed by atoms with Crippen molar-refractivity contribution in [2.75, 3.05) is 16.8 Å². The van der Waals surface area contributed by atoms with Crippen LogP contribution in [0.15, 0.2) is 54.6 Å². The molecule has 146 valence electrons. The number of nitrogens with zero attached hydrogens (tertiary/aromatic N) is 3. The number of carbonyl (C=O) groups excluding carboxylic acids is 2. The van der Waals surface area contributed by atoms with Crippen molar-refractivity contribution in [3.63, 3.8) is 0 Å². The van der Waals surface area contributed by atoms with Gasteiger partial charge in [0.05, 0.1) is 0 Å². The van der Waals surface area contributed by atoms with Crippen molar-refractivity contribution in [3.05, 3.63) is 77.1 Å². The number of nitrogens with one attached hydrogen (secondary N) is 1. The standard InChI is InChI=1S/C23H22N4O2/c1-15-14-20(22(29)25-19-11-9-17(10-12-19)16(2)28)26-23(24-15)27-13-5-7-18-6-3-4-8-21(18)27/h3-4,6,8-12,14H,5,7,13H2,1-2H3,(H,25,29). The Morgan fingerprint density at radius 3 is 2.55 bits per heavy atom. The lowest BCUT2D eigenvalue weighted by atomic mass is 10.0. The molecule has 0 unspecified atom stereocenters. The largest absolute Gasteiger partial charge is 0.321 e. The highest BCUT2D eigenvalue weighted by molar-refractivity contribution is 6.03. The molecular formula is C23H22N4O2. The quantitative estimate of drug-likeness (QED) is 0.676. The van der Waals surface area contributed by atoms with Gasteiger partial charge in [-0.2, -0.15) is 0 Å². The average Bonchev–Trinajstić information content (AvgIpc) is 2.73. The Morgan fingerprint density at radius 1 is 1.03 bits per heavy atom. The van der Waals surface area contributed by atoms with Gasteiger partial charge in [0.1, 0.15) is 5.69 Å². The Morgan fingerprint density at radius 2 is 1.79 bits per heavy atom. The van der Waals surface area contributed by atoms with E-state index in [0.717, 1.165) is 30.8 Å². The highest BCUT2D eigenvalue weighted by atomic mass is 16.2. The van der Waals surface area contributed by atoms with Crippen molar-refractivity contribution in [2.45, 2.75) is 26.7 Å². The molecule has 1 amide bonds. The van der Waals surface area contributed by atoms with Crippen molar-refractivity contribution in [1.82, 2.24) is 9.97 Å². The predicted octanol–water partition coefficient (Wildman–Crippen LogP) is 4.32. The van der Waals surface area contributed by atoms with Crippen LogP contribution < -0.4 is 10.2 Å². The number of anilines is 3. The number of aryl methyl sites for hydroxylation is 2. The van der Waals surface area contributed by atoms with E-state index in [2.05, 4.69) is 32.3 Å². The molecule has 2 heterocycles. The minimum atomic E-state index is -0.308. The number of fused-ring (bicyclic) bond motifs is 1. The fraction of sp³-hybridized carbons (Fsp3) is 0.217. The topological polar surface area (TPSA) is 75.2 Å². The first-order valence-corrected chi connectivity index (χ1v) is 9.65. The van der Waals surface area contributed by atoms with E-state index in [0.29, 0.717) is 22.9 Å². The van der Waals surface area contributed by atoms with Gasteiger partial charge in [0.15, 0.2) is 5.78 Å². The molecule has 2 aromatic carbocycles. The van der Waals surface area contributed by atoms with Gasteiger partial charge in [0.2, 0.25) is 5.95 Å². The lowest BCUT2D eigenvalue weighted by Crippen LogP contribution is -2.27. The fourth-order valence-corrected chi connectivity index (χ4v) is 3.51. The molecule has 6 heteroatoms. The van der Waals surface area contributed by atoms with Crippen molar-refractivity contribution >= 4 is 29.0 Å². The molecular weight excluding hydrogens is 364 g/mol. The van der Waals surface area contributed by atoms with Gasteiger partial charge in [-0.3, -0.25) is 9.59 Å². The second kappa shape index (κ2) is 7.83. The summed E-state index contributed by atoms with van der Waals surface area (Å²) in [6.45, 7) is 4.19. The third-order valence-electron chi connectivity index (χ3n) is 4.98. The maximum Gasteiger partial charge on any atom is 0.274 e. The second-order valence-corrected chi connectivity index (χ2v) is 7.17. The first-order chi connectivity index (χ1) is 14.0. The summed E-state index contributed by atoms with van der Waals surface area (Å²) in [6.07, 6.45) is 2.04. The van der Waals surface area contributed by atoms with Gasteiger partial charge in [-0.05, 0) is 68.7 Å². The number of carbonyl (C=O) groups is 2. The van der Waals surface area contributed by atoms with E-state index in [-0.39, 0.29) is 11.7 Å². The number of Topliss-reactive ketones (excluding diaryl/α,β-unsaturated/α-hetero) is 1. The zero-order valence-corrected chi connectivity index (χ0v) is 16.5. The summed E-state index contributed by atoms with van der Waals surface area (Å²) in [4.78, 5) is 35.4. The van der Waals surface area contributed by atoms with E-state index in [1.807, 2.05) is 19.1 Å². The van der Waals surface area contributed by atoms with Crippen molar-refractivity contribution < 1.29 is 9.59 Å². The van der Waals surface area contributed by atoms with Crippen LogP contribution in [0.3, 0.4) is 0 Å². The van der Waals surface area contributed by atoms with Crippen LogP contribution in [0, 0.1) is 6.92 Å². The fourth-order valence-electron chi connectivity index (χ4n) is 3.51. The van der Waals surface area contributed by atoms with Gasteiger partial charge in [0, 0.05) is 29.2 Å². The first kappa shape index (κ1) is 18.8. The van der Waals surface area contributed by atoms with Crippen molar-refractivity contribution in [1.29, 1.82) is 0 Å². The molecule has 1 N–H and O–H groups in total. The van der Waals surface area contributed by atoms with Gasteiger partial charge in [-0.1, -0.05) is 18.2 Å². The molecule has 1 aliphatic heterocycles. The van der Waals surface area contributed by atoms with Crippen LogP contribution in [-0.4, -0.2) is 28.2 Å². The normalized spacial score (nSPS) is 13.0. The monoisotopic (exact) mass is 386 g/mol. The predicted molar refractivity (Wildman–Crippen MR) is 113 cm³/mol. The minimum Gasteiger partial charge on any atom is -0.321 e. The third kappa shape index (κ3) is 4.01. The lowest BCUT2D eigenvalue weighted by Gasteiger charge is -2.29. The number of amides is 1. The van der Waals surface area contributed by atoms with Crippen molar-refractivity contribution in [3.8, 4) is 0 Å². The average molecular weight is 386 g/mol. The van der Waals surface area contributed by atoms with E-state index in [9.17, 15) is 9.59 Å². The summed E-state index contributed by atoms with van der Waals surface area (Å²) in [6, 6.07) is 16.7. The third-order valence-corrected chi connectivity index (χ3v) is 4.98. The van der Waals surface area contributed by atoms with Crippen LogP contribution in [0.25, 0.3) is 0 Å². The molecule has 0 fully saturated rings. The maximum absolute atomic E-state index is 12.8. The van der Waals surface area contributed by atoms with E-state index in [1.165, 1.54) is 12.5 Å². The smallest absolute Gasteiger partial charge is 0.274 e. The molecule has 0 atom stereocenters. The molecule has 0 spiro atoms. The van der Waals surface area contributed by atoms with E-state index in [4.69, 9.17) is 0 Å². The molecule has 0 saturated heterocycles. The molecule has 1 aromatic heterocycles. The van der Waals surface area contributed by atoms with Crippen LogP contribution in [0.1, 0.15) is 45.4 Å². The highest BCUT2D eigenvalue weighted by Gasteiger charge is 2.21. The summed E-state index contributed by atoms with van der Waals surface area (Å²) < 4.78 is 0. The highest BCUT2D eigenvalue weighted by Crippen LogP contribution is 2.31. The first-order valence-electron chi connectivity index (χ1n) is 9.65. The molecule has 0 saturated carbocycles. The van der Waals surface area contributed by atoms with Crippen LogP contribution in [0.2, 0.25) is 0 Å². The number of ketones is 1. The summed E-state index contributed by atoms with van der Waals surface area (Å²) in [5.74, 6) is 0.215. The Balaban J connectivity index is 1.60. The lowest BCUT2D eigenvalue weighted by molar-refractivity contribution is 0.101. The number of aromatic nitrogens is 2. The van der Waals surface area contributed by atoms with E-state index in [1.54, 1.807) is 30.3 Å². The van der Waals surface area contributed by atoms with Crippen LogP contribution in [-0.2, 0) is 6.42 Å². The zero-order valence-electron chi connectivity index (χ0n) is 16.5.